The maximum absolute atomic E-state index is 12.7. The molecule has 0 N–H and O–H groups in total. The largest absolute Gasteiger partial charge is 0.334 e. The molecule has 0 spiro atoms. The first-order valence-electron chi connectivity index (χ1n) is 8.91. The van der Waals surface area contributed by atoms with Crippen molar-refractivity contribution in [3.8, 4) is 0 Å². The normalized spacial score (nSPS) is 25.8. The molecule has 1 saturated carbocycles. The van der Waals surface area contributed by atoms with Gasteiger partial charge in [0.25, 0.3) is 0 Å². The predicted molar refractivity (Wildman–Crippen MR) is 87.5 cm³/mol. The van der Waals surface area contributed by atoms with Crippen molar-refractivity contribution in [1.82, 2.24) is 9.80 Å². The Kier molecular flexibility index (Phi) is 3.91. The quantitative estimate of drug-likeness (QED) is 0.856. The maximum Gasteiger partial charge on any atom is 0.226 e. The van der Waals surface area contributed by atoms with Crippen molar-refractivity contribution < 1.29 is 4.79 Å². The molecular weight excluding hydrogens is 272 g/mol. The van der Waals surface area contributed by atoms with Crippen LogP contribution in [0, 0.1) is 5.92 Å². The van der Waals surface area contributed by atoms with Gasteiger partial charge in [-0.2, -0.15) is 0 Å². The Morgan fingerprint density at radius 3 is 2.50 bits per heavy atom. The Labute approximate surface area is 133 Å². The topological polar surface area (TPSA) is 23.6 Å². The van der Waals surface area contributed by atoms with Gasteiger partial charge < -0.3 is 9.80 Å². The van der Waals surface area contributed by atoms with Crippen LogP contribution in [-0.4, -0.2) is 41.4 Å². The molecule has 0 unspecified atom stereocenters. The number of carbonyl (C=O) groups is 1. The predicted octanol–water partition coefficient (Wildman–Crippen LogP) is 2.84. The van der Waals surface area contributed by atoms with Gasteiger partial charge in [-0.25, -0.2) is 0 Å². The molecule has 3 aliphatic rings. The molecule has 0 aromatic heterocycles. The van der Waals surface area contributed by atoms with Gasteiger partial charge in [-0.3, -0.25) is 4.79 Å². The fourth-order valence-corrected chi connectivity index (χ4v) is 4.01. The number of amides is 1. The second kappa shape index (κ2) is 6.04. The van der Waals surface area contributed by atoms with Crippen molar-refractivity contribution >= 4 is 5.91 Å². The van der Waals surface area contributed by atoms with E-state index in [0.717, 1.165) is 32.4 Å². The van der Waals surface area contributed by atoms with Gasteiger partial charge in [-0.05, 0) is 56.3 Å². The van der Waals surface area contributed by atoms with Crippen molar-refractivity contribution in [2.75, 3.05) is 19.6 Å². The number of rotatable bonds is 3. The molecule has 2 heterocycles. The summed E-state index contributed by atoms with van der Waals surface area (Å²) in [6.07, 6.45) is 7.25. The van der Waals surface area contributed by atoms with Crippen molar-refractivity contribution in [3.05, 3.63) is 35.4 Å². The first-order valence-corrected chi connectivity index (χ1v) is 8.91. The fourth-order valence-electron chi connectivity index (χ4n) is 4.01. The van der Waals surface area contributed by atoms with E-state index in [0.29, 0.717) is 17.9 Å². The van der Waals surface area contributed by atoms with Gasteiger partial charge in [0.05, 0.1) is 0 Å². The van der Waals surface area contributed by atoms with Crippen LogP contribution in [0.1, 0.15) is 43.2 Å². The van der Waals surface area contributed by atoms with E-state index in [-0.39, 0.29) is 0 Å². The van der Waals surface area contributed by atoms with E-state index in [9.17, 15) is 4.79 Å². The minimum absolute atomic E-state index is 0.328. The summed E-state index contributed by atoms with van der Waals surface area (Å²) < 4.78 is 0. The lowest BCUT2D eigenvalue weighted by atomic mass is 9.92. The molecule has 3 heteroatoms. The number of hydrogen-bond acceptors (Lipinski definition) is 2. The maximum atomic E-state index is 12.7. The van der Waals surface area contributed by atoms with Crippen molar-refractivity contribution in [3.63, 3.8) is 0 Å². The minimum Gasteiger partial charge on any atom is -0.334 e. The van der Waals surface area contributed by atoms with Crippen molar-refractivity contribution in [1.29, 1.82) is 0 Å². The van der Waals surface area contributed by atoms with E-state index in [1.165, 1.54) is 43.5 Å². The van der Waals surface area contributed by atoms with E-state index < -0.39 is 0 Å². The lowest BCUT2D eigenvalue weighted by Gasteiger charge is -2.40. The summed E-state index contributed by atoms with van der Waals surface area (Å²) in [6, 6.07) is 9.05. The van der Waals surface area contributed by atoms with Crippen molar-refractivity contribution in [2.45, 2.75) is 51.1 Å². The van der Waals surface area contributed by atoms with Crippen LogP contribution in [0.5, 0.6) is 0 Å². The van der Waals surface area contributed by atoms with Crippen LogP contribution in [0.4, 0.5) is 0 Å². The summed E-state index contributed by atoms with van der Waals surface area (Å²) in [5.41, 5.74) is 2.80. The zero-order chi connectivity index (χ0) is 14.9. The summed E-state index contributed by atoms with van der Waals surface area (Å²) in [4.78, 5) is 17.5. The molecule has 1 atom stereocenters. The zero-order valence-corrected chi connectivity index (χ0v) is 13.3. The average Bonchev–Trinajstić information content (AvgIpc) is 3.39. The lowest BCUT2D eigenvalue weighted by molar-refractivity contribution is -0.136. The number of hydrogen-bond donors (Lipinski definition) is 0. The van der Waals surface area contributed by atoms with Gasteiger partial charge in [-0.15, -0.1) is 0 Å². The number of likely N-dealkylation sites (tertiary alicyclic amines) is 1. The van der Waals surface area contributed by atoms with Gasteiger partial charge in [0.2, 0.25) is 5.91 Å². The van der Waals surface area contributed by atoms with Crippen LogP contribution < -0.4 is 0 Å². The highest BCUT2D eigenvalue weighted by Gasteiger charge is 2.38. The highest BCUT2D eigenvalue weighted by Crippen LogP contribution is 2.34. The number of nitrogens with zero attached hydrogens (tertiary/aromatic N) is 2. The SMILES string of the molecule is O=C(C1CC1)N1Cc2ccccc2C[C@@H]1CN1CCCCC1. The summed E-state index contributed by atoms with van der Waals surface area (Å²) in [6.45, 7) is 4.31. The number of carbonyl (C=O) groups excluding carboxylic acids is 1. The number of piperidine rings is 1. The first-order chi connectivity index (χ1) is 10.8. The van der Waals surface area contributed by atoms with Crippen LogP contribution in [0.25, 0.3) is 0 Å². The van der Waals surface area contributed by atoms with Crippen LogP contribution in [0.15, 0.2) is 24.3 Å². The third-order valence-electron chi connectivity index (χ3n) is 5.48. The van der Waals surface area contributed by atoms with Gasteiger partial charge in [0.1, 0.15) is 0 Å². The molecule has 0 radical (unpaired) electrons. The summed E-state index contributed by atoms with van der Waals surface area (Å²) in [7, 11) is 0. The molecule has 1 amide bonds. The Hall–Kier alpha value is -1.35. The van der Waals surface area contributed by atoms with E-state index in [2.05, 4.69) is 34.1 Å². The third-order valence-corrected chi connectivity index (χ3v) is 5.48. The van der Waals surface area contributed by atoms with E-state index >= 15 is 0 Å². The van der Waals surface area contributed by atoms with Crippen LogP contribution >= 0.6 is 0 Å². The first kappa shape index (κ1) is 14.3. The van der Waals surface area contributed by atoms with E-state index in [4.69, 9.17) is 0 Å². The second-order valence-corrected chi connectivity index (χ2v) is 7.23. The van der Waals surface area contributed by atoms with Crippen LogP contribution in [-0.2, 0) is 17.8 Å². The molecule has 1 aromatic rings. The Balaban J connectivity index is 1.53. The number of benzene rings is 1. The Bertz CT molecular complexity index is 546. The Morgan fingerprint density at radius 2 is 1.77 bits per heavy atom. The molecule has 1 aliphatic carbocycles. The fraction of sp³-hybridized carbons (Fsp3) is 0.632. The minimum atomic E-state index is 0.328. The molecule has 1 saturated heterocycles. The summed E-state index contributed by atoms with van der Waals surface area (Å²) in [5.74, 6) is 0.741. The van der Waals surface area contributed by atoms with E-state index in [1.54, 1.807) is 0 Å². The molecule has 22 heavy (non-hydrogen) atoms. The summed E-state index contributed by atoms with van der Waals surface area (Å²) in [5, 5.41) is 0. The monoisotopic (exact) mass is 298 g/mol. The van der Waals surface area contributed by atoms with Crippen LogP contribution in [0.2, 0.25) is 0 Å². The zero-order valence-electron chi connectivity index (χ0n) is 13.3. The standard InChI is InChI=1S/C19H26N2O/c22-19(15-8-9-15)21-13-17-7-3-2-6-16(17)12-18(21)14-20-10-4-1-5-11-20/h2-3,6-7,15,18H,1,4-5,8-14H2/t18-/m1/s1. The van der Waals surface area contributed by atoms with Gasteiger partial charge in [0.15, 0.2) is 0 Å². The van der Waals surface area contributed by atoms with Crippen molar-refractivity contribution in [2.24, 2.45) is 5.92 Å². The van der Waals surface area contributed by atoms with Gasteiger partial charge >= 0.3 is 0 Å². The molecule has 2 aliphatic heterocycles. The van der Waals surface area contributed by atoms with Crippen LogP contribution in [0.3, 0.4) is 0 Å². The van der Waals surface area contributed by atoms with Gasteiger partial charge in [-0.1, -0.05) is 30.7 Å². The molecule has 1 aromatic carbocycles. The molecule has 2 fully saturated rings. The average molecular weight is 298 g/mol. The second-order valence-electron chi connectivity index (χ2n) is 7.23. The highest BCUT2D eigenvalue weighted by atomic mass is 16.2. The highest BCUT2D eigenvalue weighted by molar-refractivity contribution is 5.81. The third kappa shape index (κ3) is 2.91. The molecular formula is C19H26N2O. The molecule has 118 valence electrons. The lowest BCUT2D eigenvalue weighted by Crippen LogP contribution is -2.51. The summed E-state index contributed by atoms with van der Waals surface area (Å²) >= 11 is 0. The molecule has 4 rings (SSSR count). The molecule has 3 nitrogen and oxygen atoms in total. The molecule has 0 bridgehead atoms. The van der Waals surface area contributed by atoms with E-state index in [1.807, 2.05) is 0 Å². The van der Waals surface area contributed by atoms with Gasteiger partial charge in [0, 0.05) is 25.0 Å². The number of fused-ring (bicyclic) bond motifs is 1. The Morgan fingerprint density at radius 1 is 1.05 bits per heavy atom. The smallest absolute Gasteiger partial charge is 0.226 e.